The number of rotatable bonds is 7. The number of hydrogen-bond donors (Lipinski definition) is 1. The molecule has 140 valence electrons. The van der Waals surface area contributed by atoms with Crippen molar-refractivity contribution in [2.45, 2.75) is 37.3 Å². The van der Waals surface area contributed by atoms with Crippen LogP contribution in [-0.2, 0) is 14.6 Å². The lowest BCUT2D eigenvalue weighted by atomic mass is 10.1. The number of halogens is 1. The lowest BCUT2D eigenvalue weighted by Crippen LogP contribution is -2.32. The summed E-state index contributed by atoms with van der Waals surface area (Å²) in [5.41, 5.74) is 0.721. The van der Waals surface area contributed by atoms with Crippen LogP contribution in [-0.4, -0.2) is 25.9 Å². The minimum Gasteiger partial charge on any atom is -0.354 e. The molecule has 1 N–H and O–H groups in total. The van der Waals surface area contributed by atoms with Gasteiger partial charge >= 0.3 is 0 Å². The van der Waals surface area contributed by atoms with Gasteiger partial charge in [0.1, 0.15) is 11.1 Å². The number of pyridine rings is 1. The molecule has 7 heteroatoms. The van der Waals surface area contributed by atoms with Gasteiger partial charge in [-0.25, -0.2) is 12.8 Å². The Kier molecular flexibility index (Phi) is 6.47. The molecule has 0 saturated carbocycles. The number of nitrogens with one attached hydrogen (secondary N) is 1. The predicted molar refractivity (Wildman–Crippen MR) is 97.8 cm³/mol. The molecule has 26 heavy (non-hydrogen) atoms. The second kappa shape index (κ2) is 8.40. The zero-order valence-corrected chi connectivity index (χ0v) is 15.9. The van der Waals surface area contributed by atoms with Crippen LogP contribution >= 0.6 is 0 Å². The summed E-state index contributed by atoms with van der Waals surface area (Å²) >= 11 is 0. The third kappa shape index (κ3) is 4.88. The van der Waals surface area contributed by atoms with Gasteiger partial charge in [0.25, 0.3) is 0 Å². The van der Waals surface area contributed by atoms with Crippen molar-refractivity contribution in [3.8, 4) is 0 Å². The van der Waals surface area contributed by atoms with Crippen LogP contribution in [0.15, 0.2) is 47.6 Å². The molecule has 5 nitrogen and oxygen atoms in total. The summed E-state index contributed by atoms with van der Waals surface area (Å²) in [6.07, 6.45) is 3.33. The number of amides is 1. The number of aromatic nitrogens is 1. The molecule has 1 amide bonds. The molecule has 0 radical (unpaired) electrons. The molecule has 2 aromatic rings. The van der Waals surface area contributed by atoms with Crippen LogP contribution < -0.4 is 5.32 Å². The minimum absolute atomic E-state index is 0.0170. The van der Waals surface area contributed by atoms with Crippen molar-refractivity contribution in [3.05, 3.63) is 59.7 Å². The average Bonchev–Trinajstić information content (AvgIpc) is 2.57. The third-order valence-electron chi connectivity index (χ3n) is 3.97. The average molecular weight is 378 g/mol. The van der Waals surface area contributed by atoms with Crippen LogP contribution in [0.1, 0.15) is 36.6 Å². The SMILES string of the molecule is Cc1cc(S(=O)(=O)C(CNC(=O)CC(C)C)c2cccnc2)ccc1F. The molecule has 0 fully saturated rings. The van der Waals surface area contributed by atoms with Crippen LogP contribution in [0.2, 0.25) is 0 Å². The van der Waals surface area contributed by atoms with E-state index < -0.39 is 20.9 Å². The quantitative estimate of drug-likeness (QED) is 0.751. The van der Waals surface area contributed by atoms with Crippen molar-refractivity contribution in [2.75, 3.05) is 6.54 Å². The molecule has 0 aliphatic carbocycles. The number of aryl methyl sites for hydroxylation is 1. The Morgan fingerprint density at radius 1 is 1.27 bits per heavy atom. The van der Waals surface area contributed by atoms with E-state index in [0.29, 0.717) is 12.0 Å². The number of nitrogens with zero attached hydrogens (tertiary/aromatic N) is 1. The maximum atomic E-state index is 13.5. The highest BCUT2D eigenvalue weighted by molar-refractivity contribution is 7.91. The number of benzene rings is 1. The van der Waals surface area contributed by atoms with Crippen molar-refractivity contribution in [1.82, 2.24) is 10.3 Å². The minimum atomic E-state index is -3.84. The fourth-order valence-electron chi connectivity index (χ4n) is 2.58. The normalized spacial score (nSPS) is 12.8. The third-order valence-corrected chi connectivity index (χ3v) is 6.07. The number of carbonyl (C=O) groups excluding carboxylic acids is 1. The van der Waals surface area contributed by atoms with Gasteiger partial charge in [0, 0.05) is 25.4 Å². The zero-order valence-electron chi connectivity index (χ0n) is 15.1. The molecular formula is C19H23FN2O3S. The first-order valence-corrected chi connectivity index (χ1v) is 9.93. The first-order chi connectivity index (χ1) is 12.2. The summed E-state index contributed by atoms with van der Waals surface area (Å²) in [5.74, 6) is -0.505. The first kappa shape index (κ1) is 20.0. The van der Waals surface area contributed by atoms with Gasteiger partial charge in [0.15, 0.2) is 9.84 Å². The zero-order chi connectivity index (χ0) is 19.3. The Balaban J connectivity index is 2.36. The molecule has 1 heterocycles. The molecule has 2 rings (SSSR count). The van der Waals surface area contributed by atoms with E-state index in [4.69, 9.17) is 0 Å². The molecule has 0 saturated heterocycles. The van der Waals surface area contributed by atoms with Crippen molar-refractivity contribution in [1.29, 1.82) is 0 Å². The van der Waals surface area contributed by atoms with Crippen molar-refractivity contribution in [2.24, 2.45) is 5.92 Å². The van der Waals surface area contributed by atoms with Crippen molar-refractivity contribution in [3.63, 3.8) is 0 Å². The van der Waals surface area contributed by atoms with E-state index >= 15 is 0 Å². The lowest BCUT2D eigenvalue weighted by Gasteiger charge is -2.19. The summed E-state index contributed by atoms with van der Waals surface area (Å²) in [6.45, 7) is 5.26. The fraction of sp³-hybridized carbons (Fsp3) is 0.368. The van der Waals surface area contributed by atoms with E-state index in [1.54, 1.807) is 18.3 Å². The Morgan fingerprint density at radius 2 is 2.00 bits per heavy atom. The standard InChI is InChI=1S/C19H23FN2O3S/c1-13(2)9-19(23)22-12-18(15-5-4-8-21-11-15)26(24,25)16-6-7-17(20)14(3)10-16/h4-8,10-11,13,18H,9,12H2,1-3H3,(H,22,23). The van der Waals surface area contributed by atoms with Crippen LogP contribution in [0, 0.1) is 18.7 Å². The summed E-state index contributed by atoms with van der Waals surface area (Å²) in [6, 6.07) is 6.99. The molecule has 1 unspecified atom stereocenters. The molecule has 1 atom stereocenters. The Labute approximate surface area is 153 Å². The van der Waals surface area contributed by atoms with Gasteiger partial charge in [-0.1, -0.05) is 19.9 Å². The second-order valence-corrected chi connectivity index (χ2v) is 8.76. The number of hydrogen-bond acceptors (Lipinski definition) is 4. The van der Waals surface area contributed by atoms with Crippen molar-refractivity contribution >= 4 is 15.7 Å². The molecule has 0 bridgehead atoms. The number of carbonyl (C=O) groups is 1. The molecule has 0 spiro atoms. The topological polar surface area (TPSA) is 76.1 Å². The Bertz CT molecular complexity index is 868. The highest BCUT2D eigenvalue weighted by atomic mass is 32.2. The maximum Gasteiger partial charge on any atom is 0.220 e. The monoisotopic (exact) mass is 378 g/mol. The van der Waals surface area contributed by atoms with Crippen LogP contribution in [0.4, 0.5) is 4.39 Å². The molecule has 0 aliphatic heterocycles. The van der Waals surface area contributed by atoms with E-state index in [-0.39, 0.29) is 28.8 Å². The second-order valence-electron chi connectivity index (χ2n) is 6.63. The van der Waals surface area contributed by atoms with Gasteiger partial charge in [0.2, 0.25) is 5.91 Å². The molecule has 0 aliphatic rings. The highest BCUT2D eigenvalue weighted by Gasteiger charge is 2.30. The summed E-state index contributed by atoms with van der Waals surface area (Å²) in [5, 5.41) is 1.69. The maximum absolute atomic E-state index is 13.5. The predicted octanol–water partition coefficient (Wildman–Crippen LogP) is 3.21. The number of sulfone groups is 1. The van der Waals surface area contributed by atoms with Gasteiger partial charge in [-0.15, -0.1) is 0 Å². The molecule has 1 aromatic carbocycles. The Morgan fingerprint density at radius 3 is 2.58 bits per heavy atom. The van der Waals surface area contributed by atoms with E-state index in [1.165, 1.54) is 25.3 Å². The smallest absolute Gasteiger partial charge is 0.220 e. The van der Waals surface area contributed by atoms with E-state index in [1.807, 2.05) is 13.8 Å². The van der Waals surface area contributed by atoms with E-state index in [9.17, 15) is 17.6 Å². The van der Waals surface area contributed by atoms with Gasteiger partial charge in [-0.05, 0) is 48.2 Å². The first-order valence-electron chi connectivity index (χ1n) is 8.38. The van der Waals surface area contributed by atoms with Crippen LogP contribution in [0.5, 0.6) is 0 Å². The Hall–Kier alpha value is -2.28. The lowest BCUT2D eigenvalue weighted by molar-refractivity contribution is -0.121. The highest BCUT2D eigenvalue weighted by Crippen LogP contribution is 2.29. The van der Waals surface area contributed by atoms with Gasteiger partial charge < -0.3 is 5.32 Å². The van der Waals surface area contributed by atoms with Crippen LogP contribution in [0.25, 0.3) is 0 Å². The van der Waals surface area contributed by atoms with E-state index in [2.05, 4.69) is 10.3 Å². The van der Waals surface area contributed by atoms with Crippen LogP contribution in [0.3, 0.4) is 0 Å². The fourth-order valence-corrected chi connectivity index (χ4v) is 4.31. The largest absolute Gasteiger partial charge is 0.354 e. The summed E-state index contributed by atoms with van der Waals surface area (Å²) < 4.78 is 39.8. The van der Waals surface area contributed by atoms with Gasteiger partial charge in [0.05, 0.1) is 4.90 Å². The van der Waals surface area contributed by atoms with Gasteiger partial charge in [-0.3, -0.25) is 9.78 Å². The molecular weight excluding hydrogens is 355 g/mol. The van der Waals surface area contributed by atoms with Crippen molar-refractivity contribution < 1.29 is 17.6 Å². The van der Waals surface area contributed by atoms with E-state index in [0.717, 1.165) is 6.07 Å². The summed E-state index contributed by atoms with van der Waals surface area (Å²) in [4.78, 5) is 16.0. The summed E-state index contributed by atoms with van der Waals surface area (Å²) in [7, 11) is -3.84. The molecule has 1 aromatic heterocycles. The van der Waals surface area contributed by atoms with Gasteiger partial charge in [-0.2, -0.15) is 0 Å².